The van der Waals surface area contributed by atoms with E-state index in [2.05, 4.69) is 25.5 Å². The van der Waals surface area contributed by atoms with Gasteiger partial charge in [0.05, 0.1) is 12.8 Å². The van der Waals surface area contributed by atoms with E-state index in [0.717, 1.165) is 5.69 Å². The van der Waals surface area contributed by atoms with E-state index in [-0.39, 0.29) is 5.75 Å². The molecule has 0 aliphatic heterocycles. The van der Waals surface area contributed by atoms with Gasteiger partial charge in [0, 0.05) is 11.3 Å². The topological polar surface area (TPSA) is 104 Å². The van der Waals surface area contributed by atoms with Crippen LogP contribution >= 0.6 is 12.2 Å². The minimum absolute atomic E-state index is 0.0234. The minimum atomic E-state index is 0.0234. The number of phenols is 1. The zero-order chi connectivity index (χ0) is 17.1. The molecular formula is C15H16N6O2S. The van der Waals surface area contributed by atoms with E-state index in [0.29, 0.717) is 34.2 Å². The van der Waals surface area contributed by atoms with Crippen molar-refractivity contribution in [2.24, 2.45) is 5.10 Å². The van der Waals surface area contributed by atoms with Crippen LogP contribution in [0.3, 0.4) is 0 Å². The molecule has 1 aromatic carbocycles. The van der Waals surface area contributed by atoms with Crippen LogP contribution in [0.1, 0.15) is 18.2 Å². The van der Waals surface area contributed by atoms with Gasteiger partial charge in [0.2, 0.25) is 10.6 Å². The number of aromatic hydroxyl groups is 1. The number of aromatic amines is 2. The van der Waals surface area contributed by atoms with Crippen molar-refractivity contribution in [3.05, 3.63) is 40.3 Å². The van der Waals surface area contributed by atoms with Crippen LogP contribution in [-0.2, 0) is 0 Å². The molecule has 0 aliphatic carbocycles. The van der Waals surface area contributed by atoms with Crippen LogP contribution in [0.2, 0.25) is 0 Å². The molecule has 0 unspecified atom stereocenters. The molecule has 9 heteroatoms. The number of aromatic nitrogens is 5. The lowest BCUT2D eigenvalue weighted by Crippen LogP contribution is -1.97. The summed E-state index contributed by atoms with van der Waals surface area (Å²) in [5.41, 5.74) is 2.02. The van der Waals surface area contributed by atoms with Crippen LogP contribution in [-0.4, -0.2) is 43.0 Å². The molecule has 24 heavy (non-hydrogen) atoms. The van der Waals surface area contributed by atoms with Crippen LogP contribution in [0, 0.1) is 11.7 Å². The summed E-state index contributed by atoms with van der Waals surface area (Å²) in [5, 5.41) is 28.4. The predicted molar refractivity (Wildman–Crippen MR) is 92.0 cm³/mol. The van der Waals surface area contributed by atoms with Crippen LogP contribution in [0.5, 0.6) is 11.5 Å². The number of benzene rings is 1. The van der Waals surface area contributed by atoms with Gasteiger partial charge in [0.25, 0.3) is 0 Å². The van der Waals surface area contributed by atoms with Crippen LogP contribution in [0.25, 0.3) is 11.5 Å². The molecule has 0 saturated heterocycles. The standard InChI is InChI=1S/C15H16N6O2S/c1-3-23-12-6-4-5-10(13(12)22)8-16-21-14(19-20-15(21)24)11-7-9(2)17-18-11/h4-8,22H,3H2,1-2H3,(H,17,18)(H,20,24). The minimum Gasteiger partial charge on any atom is -0.504 e. The summed E-state index contributed by atoms with van der Waals surface area (Å²) in [6.07, 6.45) is 1.49. The maximum absolute atomic E-state index is 10.2. The summed E-state index contributed by atoms with van der Waals surface area (Å²) in [4.78, 5) is 0. The second-order valence-corrected chi connectivity index (χ2v) is 5.36. The summed E-state index contributed by atoms with van der Waals surface area (Å²) in [6.45, 7) is 4.20. The van der Waals surface area contributed by atoms with E-state index in [4.69, 9.17) is 17.0 Å². The highest BCUT2D eigenvalue weighted by molar-refractivity contribution is 7.71. The number of para-hydroxylation sites is 1. The van der Waals surface area contributed by atoms with Gasteiger partial charge in [-0.2, -0.15) is 20.0 Å². The van der Waals surface area contributed by atoms with Crippen molar-refractivity contribution in [3.63, 3.8) is 0 Å². The third kappa shape index (κ3) is 3.06. The molecule has 0 radical (unpaired) electrons. The second-order valence-electron chi connectivity index (χ2n) is 4.97. The Morgan fingerprint density at radius 1 is 1.38 bits per heavy atom. The first-order valence-electron chi connectivity index (χ1n) is 7.29. The van der Waals surface area contributed by atoms with E-state index in [1.807, 2.05) is 19.9 Å². The quantitative estimate of drug-likeness (QED) is 0.487. The molecule has 0 amide bonds. The summed E-state index contributed by atoms with van der Waals surface area (Å²) in [6, 6.07) is 7.03. The Morgan fingerprint density at radius 3 is 2.92 bits per heavy atom. The fourth-order valence-electron chi connectivity index (χ4n) is 2.13. The molecule has 8 nitrogen and oxygen atoms in total. The zero-order valence-electron chi connectivity index (χ0n) is 13.1. The van der Waals surface area contributed by atoms with Gasteiger partial charge >= 0.3 is 0 Å². The van der Waals surface area contributed by atoms with Gasteiger partial charge in [-0.15, -0.1) is 0 Å². The molecular weight excluding hydrogens is 328 g/mol. The fourth-order valence-corrected chi connectivity index (χ4v) is 2.31. The Labute approximate surface area is 142 Å². The van der Waals surface area contributed by atoms with Gasteiger partial charge in [-0.25, -0.2) is 5.10 Å². The summed E-state index contributed by atoms with van der Waals surface area (Å²) in [5.74, 6) is 0.900. The number of nitrogens with one attached hydrogen (secondary N) is 2. The third-order valence-electron chi connectivity index (χ3n) is 3.23. The molecule has 3 N–H and O–H groups in total. The van der Waals surface area contributed by atoms with Gasteiger partial charge < -0.3 is 9.84 Å². The third-order valence-corrected chi connectivity index (χ3v) is 3.49. The predicted octanol–water partition coefficient (Wildman–Crippen LogP) is 2.63. The number of hydrogen-bond donors (Lipinski definition) is 3. The first kappa shape index (κ1) is 15.9. The first-order chi connectivity index (χ1) is 11.6. The van der Waals surface area contributed by atoms with Crippen molar-refractivity contribution in [1.82, 2.24) is 25.1 Å². The molecule has 0 atom stereocenters. The lowest BCUT2D eigenvalue weighted by atomic mass is 10.2. The van der Waals surface area contributed by atoms with Gasteiger partial charge in [0.1, 0.15) is 5.69 Å². The molecule has 0 saturated carbocycles. The molecule has 3 aromatic rings. The van der Waals surface area contributed by atoms with Crippen LogP contribution < -0.4 is 4.74 Å². The second kappa shape index (κ2) is 6.67. The van der Waals surface area contributed by atoms with Crippen molar-refractivity contribution in [1.29, 1.82) is 0 Å². The number of ether oxygens (including phenoxy) is 1. The maximum Gasteiger partial charge on any atom is 0.216 e. The van der Waals surface area contributed by atoms with Gasteiger partial charge in [-0.3, -0.25) is 5.10 Å². The number of hydrogen-bond acceptors (Lipinski definition) is 6. The van der Waals surface area contributed by atoms with Crippen LogP contribution in [0.15, 0.2) is 29.4 Å². The molecule has 0 aliphatic rings. The molecule has 124 valence electrons. The van der Waals surface area contributed by atoms with Crippen molar-refractivity contribution < 1.29 is 9.84 Å². The SMILES string of the molecule is CCOc1cccc(C=Nn2c(-c3cc(C)[nH]n3)n[nH]c2=S)c1O. The van der Waals surface area contributed by atoms with Gasteiger partial charge in [-0.05, 0) is 44.3 Å². The Bertz CT molecular complexity index is 940. The average molecular weight is 344 g/mol. The number of rotatable bonds is 5. The van der Waals surface area contributed by atoms with Gasteiger partial charge in [0.15, 0.2) is 11.5 Å². The van der Waals surface area contributed by atoms with E-state index in [9.17, 15) is 5.11 Å². The summed E-state index contributed by atoms with van der Waals surface area (Å²) in [7, 11) is 0. The highest BCUT2D eigenvalue weighted by atomic mass is 32.1. The number of nitrogens with zero attached hydrogens (tertiary/aromatic N) is 4. The Hall–Kier alpha value is -2.94. The van der Waals surface area contributed by atoms with Crippen LogP contribution in [0.4, 0.5) is 0 Å². The number of aryl methyl sites for hydroxylation is 1. The average Bonchev–Trinajstić information content (AvgIpc) is 3.14. The summed E-state index contributed by atoms with van der Waals surface area (Å²) < 4.78 is 7.13. The lowest BCUT2D eigenvalue weighted by molar-refractivity contribution is 0.318. The normalized spacial score (nSPS) is 11.2. The zero-order valence-corrected chi connectivity index (χ0v) is 14.0. The Kier molecular flexibility index (Phi) is 4.43. The molecule has 2 heterocycles. The highest BCUT2D eigenvalue weighted by Crippen LogP contribution is 2.28. The van der Waals surface area contributed by atoms with Gasteiger partial charge in [-0.1, -0.05) is 6.07 Å². The van der Waals surface area contributed by atoms with Crippen molar-refractivity contribution in [2.45, 2.75) is 13.8 Å². The van der Waals surface area contributed by atoms with Crippen molar-refractivity contribution >= 4 is 18.4 Å². The summed E-state index contributed by atoms with van der Waals surface area (Å²) >= 11 is 5.20. The highest BCUT2D eigenvalue weighted by Gasteiger charge is 2.12. The number of H-pyrrole nitrogens is 2. The fraction of sp³-hybridized carbons (Fsp3) is 0.200. The maximum atomic E-state index is 10.2. The van der Waals surface area contributed by atoms with E-state index >= 15 is 0 Å². The van der Waals surface area contributed by atoms with Crippen molar-refractivity contribution in [2.75, 3.05) is 6.61 Å². The van der Waals surface area contributed by atoms with E-state index in [1.54, 1.807) is 18.2 Å². The largest absolute Gasteiger partial charge is 0.504 e. The number of phenolic OH excluding ortho intramolecular Hbond substituents is 1. The molecule has 0 spiro atoms. The smallest absolute Gasteiger partial charge is 0.216 e. The molecule has 0 bridgehead atoms. The Morgan fingerprint density at radius 2 is 2.21 bits per heavy atom. The molecule has 3 rings (SSSR count). The molecule has 0 fully saturated rings. The first-order valence-corrected chi connectivity index (χ1v) is 7.70. The molecule has 2 aromatic heterocycles. The van der Waals surface area contributed by atoms with Crippen molar-refractivity contribution in [3.8, 4) is 23.0 Å². The Balaban J connectivity index is 1.98. The lowest BCUT2D eigenvalue weighted by Gasteiger charge is -2.07. The van der Waals surface area contributed by atoms with E-state index in [1.165, 1.54) is 10.9 Å². The van der Waals surface area contributed by atoms with E-state index < -0.39 is 0 Å². The monoisotopic (exact) mass is 344 g/mol.